The average Bonchev–Trinajstić information content (AvgIpc) is 2.39. The number of rotatable bonds is 0. The number of hydrogen-bond donors (Lipinski definition) is 0. The molecule has 14 heavy (non-hydrogen) atoms. The molecular formula is C13H20O. The van der Waals surface area contributed by atoms with E-state index < -0.39 is 0 Å². The minimum Gasteiger partial charge on any atom is -0.295 e. The summed E-state index contributed by atoms with van der Waals surface area (Å²) in [7, 11) is 0. The molecule has 1 fully saturated rings. The van der Waals surface area contributed by atoms with Crippen molar-refractivity contribution in [3.8, 4) is 0 Å². The first kappa shape index (κ1) is 9.95. The first-order valence-corrected chi connectivity index (χ1v) is 5.65. The van der Waals surface area contributed by atoms with Crippen molar-refractivity contribution < 1.29 is 4.79 Å². The van der Waals surface area contributed by atoms with Gasteiger partial charge in [-0.1, -0.05) is 33.8 Å². The lowest BCUT2D eigenvalue weighted by Gasteiger charge is -2.47. The molecular weight excluding hydrogens is 172 g/mol. The van der Waals surface area contributed by atoms with Gasteiger partial charge in [-0.3, -0.25) is 4.79 Å². The lowest BCUT2D eigenvalue weighted by atomic mass is 9.56. The van der Waals surface area contributed by atoms with Gasteiger partial charge in [0.15, 0.2) is 5.78 Å². The van der Waals surface area contributed by atoms with Crippen molar-refractivity contribution in [3.05, 3.63) is 12.2 Å². The van der Waals surface area contributed by atoms with Crippen molar-refractivity contribution in [2.45, 2.75) is 40.5 Å². The van der Waals surface area contributed by atoms with Crippen LogP contribution in [0, 0.1) is 22.7 Å². The molecule has 0 amide bonds. The molecule has 1 saturated carbocycles. The van der Waals surface area contributed by atoms with Crippen LogP contribution in [0.15, 0.2) is 12.2 Å². The number of carbonyl (C=O) groups excluding carboxylic acids is 1. The largest absolute Gasteiger partial charge is 0.295 e. The van der Waals surface area contributed by atoms with Crippen LogP contribution in [0.4, 0.5) is 0 Å². The van der Waals surface area contributed by atoms with Gasteiger partial charge in [-0.15, -0.1) is 0 Å². The van der Waals surface area contributed by atoms with E-state index in [-0.39, 0.29) is 16.7 Å². The number of carbonyl (C=O) groups is 1. The van der Waals surface area contributed by atoms with E-state index in [1.54, 1.807) is 0 Å². The zero-order chi connectivity index (χ0) is 10.6. The highest BCUT2D eigenvalue weighted by molar-refractivity contribution is 5.93. The maximum atomic E-state index is 11.7. The Kier molecular flexibility index (Phi) is 1.93. The first-order chi connectivity index (χ1) is 6.42. The Morgan fingerprint density at radius 1 is 1.36 bits per heavy atom. The van der Waals surface area contributed by atoms with Gasteiger partial charge < -0.3 is 0 Å². The summed E-state index contributed by atoms with van der Waals surface area (Å²) in [5.74, 6) is 1.22. The average molecular weight is 192 g/mol. The monoisotopic (exact) mass is 192 g/mol. The van der Waals surface area contributed by atoms with E-state index in [4.69, 9.17) is 0 Å². The van der Waals surface area contributed by atoms with E-state index in [0.717, 1.165) is 0 Å². The molecule has 0 aromatic carbocycles. The van der Waals surface area contributed by atoms with Gasteiger partial charge in [-0.05, 0) is 35.7 Å². The second-order valence-corrected chi connectivity index (χ2v) is 5.60. The van der Waals surface area contributed by atoms with Crippen LogP contribution < -0.4 is 0 Å². The van der Waals surface area contributed by atoms with E-state index in [1.165, 1.54) is 12.8 Å². The minimum atomic E-state index is 0.193. The molecule has 78 valence electrons. The van der Waals surface area contributed by atoms with E-state index in [1.807, 2.05) is 6.08 Å². The molecule has 0 N–H and O–H groups in total. The minimum absolute atomic E-state index is 0.193. The summed E-state index contributed by atoms with van der Waals surface area (Å²) in [5.41, 5.74) is 0.429. The van der Waals surface area contributed by atoms with E-state index in [9.17, 15) is 4.79 Å². The van der Waals surface area contributed by atoms with Gasteiger partial charge in [0.1, 0.15) is 0 Å². The summed E-state index contributed by atoms with van der Waals surface area (Å²) in [5, 5.41) is 0. The van der Waals surface area contributed by atoms with Crippen molar-refractivity contribution in [1.82, 2.24) is 0 Å². The Morgan fingerprint density at radius 2 is 2.00 bits per heavy atom. The van der Waals surface area contributed by atoms with Crippen LogP contribution in [0.1, 0.15) is 40.5 Å². The molecule has 0 heterocycles. The Labute approximate surface area is 86.6 Å². The molecule has 2 rings (SSSR count). The Bertz CT molecular complexity index is 304. The summed E-state index contributed by atoms with van der Waals surface area (Å²) in [4.78, 5) is 11.7. The van der Waals surface area contributed by atoms with Crippen LogP contribution in [0.2, 0.25) is 0 Å². The zero-order valence-electron chi connectivity index (χ0n) is 9.63. The summed E-state index contributed by atoms with van der Waals surface area (Å²) < 4.78 is 0. The van der Waals surface area contributed by atoms with Crippen LogP contribution >= 0.6 is 0 Å². The number of ketones is 1. The maximum absolute atomic E-state index is 11.7. The second kappa shape index (κ2) is 2.71. The van der Waals surface area contributed by atoms with Gasteiger partial charge >= 0.3 is 0 Å². The molecule has 0 unspecified atom stereocenters. The molecule has 0 saturated heterocycles. The van der Waals surface area contributed by atoms with E-state index in [0.29, 0.717) is 11.7 Å². The van der Waals surface area contributed by atoms with Crippen LogP contribution in [0.5, 0.6) is 0 Å². The van der Waals surface area contributed by atoms with Gasteiger partial charge in [-0.2, -0.15) is 0 Å². The van der Waals surface area contributed by atoms with Gasteiger partial charge in [0.05, 0.1) is 0 Å². The lowest BCUT2D eigenvalue weighted by molar-refractivity contribution is -0.125. The molecule has 1 heteroatoms. The molecule has 0 radical (unpaired) electrons. The quantitative estimate of drug-likeness (QED) is 0.576. The summed E-state index contributed by atoms with van der Waals surface area (Å²) in [6.45, 7) is 9.03. The van der Waals surface area contributed by atoms with Crippen molar-refractivity contribution >= 4 is 5.78 Å². The third kappa shape index (κ3) is 0.933. The van der Waals surface area contributed by atoms with Gasteiger partial charge in [0.2, 0.25) is 0 Å². The highest BCUT2D eigenvalue weighted by atomic mass is 16.1. The number of fused-ring (bicyclic) bond motifs is 1. The fraction of sp³-hybridized carbons (Fsp3) is 0.769. The smallest absolute Gasteiger partial charge is 0.158 e. The SMILES string of the molecule is C[C@@H]1CC[C@@]2(C)[C@H](C)C(=O)C=C[C@@]12C. The Hall–Kier alpha value is -0.590. The van der Waals surface area contributed by atoms with Crippen LogP contribution in [0.3, 0.4) is 0 Å². The van der Waals surface area contributed by atoms with Gasteiger partial charge in [0.25, 0.3) is 0 Å². The molecule has 0 aromatic rings. The van der Waals surface area contributed by atoms with Crippen molar-refractivity contribution in [1.29, 1.82) is 0 Å². The highest BCUT2D eigenvalue weighted by Gasteiger charge is 2.56. The van der Waals surface area contributed by atoms with E-state index in [2.05, 4.69) is 33.8 Å². The predicted molar refractivity (Wildman–Crippen MR) is 57.9 cm³/mol. The van der Waals surface area contributed by atoms with Gasteiger partial charge in [0, 0.05) is 5.92 Å². The fourth-order valence-corrected chi connectivity index (χ4v) is 3.40. The second-order valence-electron chi connectivity index (χ2n) is 5.60. The molecule has 2 aliphatic rings. The van der Waals surface area contributed by atoms with Crippen molar-refractivity contribution in [3.63, 3.8) is 0 Å². The number of allylic oxidation sites excluding steroid dienone is 2. The third-order valence-corrected chi connectivity index (χ3v) is 5.33. The summed E-state index contributed by atoms with van der Waals surface area (Å²) in [6, 6.07) is 0. The molecule has 4 atom stereocenters. The topological polar surface area (TPSA) is 17.1 Å². The third-order valence-electron chi connectivity index (χ3n) is 5.33. The fourth-order valence-electron chi connectivity index (χ4n) is 3.40. The normalized spacial score (nSPS) is 52.1. The predicted octanol–water partition coefficient (Wildman–Crippen LogP) is 3.20. The van der Waals surface area contributed by atoms with Gasteiger partial charge in [-0.25, -0.2) is 0 Å². The highest BCUT2D eigenvalue weighted by Crippen LogP contribution is 2.62. The number of hydrogen-bond acceptors (Lipinski definition) is 1. The van der Waals surface area contributed by atoms with Crippen LogP contribution in [-0.2, 0) is 4.79 Å². The molecule has 0 aliphatic heterocycles. The van der Waals surface area contributed by atoms with Crippen LogP contribution in [-0.4, -0.2) is 5.78 Å². The zero-order valence-corrected chi connectivity index (χ0v) is 9.63. The summed E-state index contributed by atoms with van der Waals surface area (Å²) in [6.07, 6.45) is 6.44. The molecule has 2 aliphatic carbocycles. The van der Waals surface area contributed by atoms with Crippen molar-refractivity contribution in [2.75, 3.05) is 0 Å². The maximum Gasteiger partial charge on any atom is 0.158 e. The Morgan fingerprint density at radius 3 is 2.64 bits per heavy atom. The van der Waals surface area contributed by atoms with Crippen LogP contribution in [0.25, 0.3) is 0 Å². The van der Waals surface area contributed by atoms with E-state index >= 15 is 0 Å². The van der Waals surface area contributed by atoms with Crippen molar-refractivity contribution in [2.24, 2.45) is 22.7 Å². The lowest BCUT2D eigenvalue weighted by Crippen LogP contribution is -2.45. The molecule has 0 aromatic heterocycles. The molecule has 0 spiro atoms. The Balaban J connectivity index is 2.51. The molecule has 0 bridgehead atoms. The molecule has 1 nitrogen and oxygen atoms in total. The first-order valence-electron chi connectivity index (χ1n) is 5.65. The standard InChI is InChI=1S/C13H20O/c1-9-5-7-13(4)10(2)11(14)6-8-12(9,13)3/h6,8-10H,5,7H2,1-4H3/t9-,10-,12+,13+/m1/s1. The summed E-state index contributed by atoms with van der Waals surface area (Å²) >= 11 is 0.